The second-order valence-corrected chi connectivity index (χ2v) is 6.21. The van der Waals surface area contributed by atoms with Gasteiger partial charge in [0, 0.05) is 10.0 Å². The van der Waals surface area contributed by atoms with Crippen LogP contribution >= 0.6 is 27.7 Å². The molecule has 0 aromatic heterocycles. The lowest BCUT2D eigenvalue weighted by Gasteiger charge is -2.13. The van der Waals surface area contributed by atoms with E-state index >= 15 is 0 Å². The molecule has 2 N–H and O–H groups in total. The van der Waals surface area contributed by atoms with E-state index in [-0.39, 0.29) is 17.2 Å². The van der Waals surface area contributed by atoms with Crippen LogP contribution in [0.5, 0.6) is 5.75 Å². The van der Waals surface area contributed by atoms with Crippen molar-refractivity contribution in [2.45, 2.75) is 20.0 Å². The molecular formula is C13H13BrN2O2S. The third kappa shape index (κ3) is 3.61. The van der Waals surface area contributed by atoms with Crippen LogP contribution in [-0.2, 0) is 4.79 Å². The normalized spacial score (nSPS) is 17.2. The summed E-state index contributed by atoms with van der Waals surface area (Å²) >= 11 is 4.52. The maximum Gasteiger partial charge on any atom is 0.264 e. The lowest BCUT2D eigenvalue weighted by molar-refractivity contribution is -0.115. The largest absolute Gasteiger partial charge is 0.490 e. The molecule has 0 bridgehead atoms. The van der Waals surface area contributed by atoms with Gasteiger partial charge >= 0.3 is 0 Å². The molecule has 1 aromatic carbocycles. The lowest BCUT2D eigenvalue weighted by atomic mass is 10.2. The highest BCUT2D eigenvalue weighted by atomic mass is 79.9. The third-order valence-electron chi connectivity index (χ3n) is 2.28. The Bertz CT molecular complexity index is 570. The Balaban J connectivity index is 2.38. The van der Waals surface area contributed by atoms with E-state index in [9.17, 15) is 4.79 Å². The van der Waals surface area contributed by atoms with Crippen molar-refractivity contribution in [2.24, 2.45) is 0 Å². The molecule has 1 saturated heterocycles. The molecule has 1 heterocycles. The topological polar surface area (TPSA) is 62.2 Å². The Morgan fingerprint density at radius 3 is 2.79 bits per heavy atom. The minimum atomic E-state index is -0.245. The number of amidine groups is 1. The highest BCUT2D eigenvalue weighted by Crippen LogP contribution is 2.31. The predicted octanol–water partition coefficient (Wildman–Crippen LogP) is 3.37. The smallest absolute Gasteiger partial charge is 0.264 e. The third-order valence-corrected chi connectivity index (χ3v) is 3.61. The lowest BCUT2D eigenvalue weighted by Crippen LogP contribution is -2.18. The summed E-state index contributed by atoms with van der Waals surface area (Å²) in [6.07, 6.45) is 1.80. The van der Waals surface area contributed by atoms with Gasteiger partial charge in [0.1, 0.15) is 5.75 Å². The van der Waals surface area contributed by atoms with Crippen molar-refractivity contribution in [3.8, 4) is 5.75 Å². The molecule has 6 heteroatoms. The Kier molecular flexibility index (Phi) is 4.31. The Hall–Kier alpha value is -1.27. The quantitative estimate of drug-likeness (QED) is 0.829. The van der Waals surface area contributed by atoms with Crippen LogP contribution in [0.4, 0.5) is 0 Å². The average molecular weight is 341 g/mol. The first-order valence-corrected chi connectivity index (χ1v) is 7.32. The molecule has 0 radical (unpaired) electrons. The van der Waals surface area contributed by atoms with Gasteiger partial charge in [-0.25, -0.2) is 0 Å². The van der Waals surface area contributed by atoms with Gasteiger partial charge in [0.2, 0.25) is 0 Å². The van der Waals surface area contributed by atoms with E-state index in [0.29, 0.717) is 4.91 Å². The van der Waals surface area contributed by atoms with Gasteiger partial charge in [-0.1, -0.05) is 15.9 Å². The van der Waals surface area contributed by atoms with E-state index < -0.39 is 0 Å². The minimum absolute atomic E-state index is 0.0571. The zero-order chi connectivity index (χ0) is 14.0. The van der Waals surface area contributed by atoms with Crippen LogP contribution in [0.2, 0.25) is 0 Å². The van der Waals surface area contributed by atoms with Crippen molar-refractivity contribution in [1.29, 1.82) is 5.41 Å². The van der Waals surface area contributed by atoms with Crippen molar-refractivity contribution < 1.29 is 9.53 Å². The maximum atomic E-state index is 11.6. The molecule has 0 spiro atoms. The van der Waals surface area contributed by atoms with Crippen molar-refractivity contribution in [3.05, 3.63) is 33.1 Å². The number of benzene rings is 1. The van der Waals surface area contributed by atoms with Gasteiger partial charge in [-0.2, -0.15) is 0 Å². The van der Waals surface area contributed by atoms with Crippen LogP contribution in [0.25, 0.3) is 6.08 Å². The number of thioether (sulfide) groups is 1. The SMILES string of the molecule is CC(C)Oc1ccc(Br)cc1C=C1SC(=N)NC1=O. The molecule has 1 aliphatic rings. The van der Waals surface area contributed by atoms with Crippen LogP contribution in [0, 0.1) is 5.41 Å². The highest BCUT2D eigenvalue weighted by Gasteiger charge is 2.22. The Morgan fingerprint density at radius 1 is 1.47 bits per heavy atom. The first-order chi connectivity index (χ1) is 8.95. The summed E-state index contributed by atoms with van der Waals surface area (Å²) < 4.78 is 6.62. The van der Waals surface area contributed by atoms with E-state index in [2.05, 4.69) is 21.2 Å². The van der Waals surface area contributed by atoms with E-state index in [0.717, 1.165) is 27.5 Å². The minimum Gasteiger partial charge on any atom is -0.490 e. The molecule has 1 amide bonds. The van der Waals surface area contributed by atoms with Crippen LogP contribution in [0.3, 0.4) is 0 Å². The molecule has 100 valence electrons. The number of nitrogens with one attached hydrogen (secondary N) is 2. The zero-order valence-corrected chi connectivity index (χ0v) is 12.9. The summed E-state index contributed by atoms with van der Waals surface area (Å²) in [5.74, 6) is 0.475. The molecular weight excluding hydrogens is 328 g/mol. The van der Waals surface area contributed by atoms with Gasteiger partial charge in [0.15, 0.2) is 5.17 Å². The number of hydrogen-bond donors (Lipinski definition) is 2. The van der Waals surface area contributed by atoms with Gasteiger partial charge in [0.05, 0.1) is 11.0 Å². The second-order valence-electron chi connectivity index (χ2n) is 4.24. The van der Waals surface area contributed by atoms with Crippen LogP contribution in [0.15, 0.2) is 27.6 Å². The summed E-state index contributed by atoms with van der Waals surface area (Å²) in [6.45, 7) is 3.90. The van der Waals surface area contributed by atoms with Crippen molar-refractivity contribution in [1.82, 2.24) is 5.32 Å². The molecule has 0 unspecified atom stereocenters. The number of carbonyl (C=O) groups is 1. The fraction of sp³-hybridized carbons (Fsp3) is 0.231. The summed E-state index contributed by atoms with van der Waals surface area (Å²) in [5, 5.41) is 10.0. The van der Waals surface area contributed by atoms with E-state index in [1.165, 1.54) is 0 Å². The van der Waals surface area contributed by atoms with Gasteiger partial charge in [-0.15, -0.1) is 0 Å². The second kappa shape index (κ2) is 5.79. The number of hydrogen-bond acceptors (Lipinski definition) is 4. The fourth-order valence-electron chi connectivity index (χ4n) is 1.58. The van der Waals surface area contributed by atoms with E-state index in [1.54, 1.807) is 6.08 Å². The van der Waals surface area contributed by atoms with Crippen molar-refractivity contribution in [3.63, 3.8) is 0 Å². The van der Waals surface area contributed by atoms with Crippen LogP contribution in [-0.4, -0.2) is 17.2 Å². The van der Waals surface area contributed by atoms with Gasteiger partial charge < -0.3 is 10.1 Å². The van der Waals surface area contributed by atoms with Crippen molar-refractivity contribution >= 4 is 44.8 Å². The molecule has 1 fully saturated rings. The summed E-state index contributed by atoms with van der Waals surface area (Å²) in [6, 6.07) is 5.64. The Morgan fingerprint density at radius 2 is 2.21 bits per heavy atom. The monoisotopic (exact) mass is 340 g/mol. The first kappa shape index (κ1) is 14.1. The van der Waals surface area contributed by atoms with E-state index in [4.69, 9.17) is 10.1 Å². The summed E-state index contributed by atoms with van der Waals surface area (Å²) in [4.78, 5) is 12.1. The first-order valence-electron chi connectivity index (χ1n) is 5.71. The summed E-state index contributed by atoms with van der Waals surface area (Å²) in [7, 11) is 0. The van der Waals surface area contributed by atoms with Crippen LogP contribution in [0.1, 0.15) is 19.4 Å². The molecule has 1 aliphatic heterocycles. The number of carbonyl (C=O) groups excluding carboxylic acids is 1. The number of ether oxygens (including phenoxy) is 1. The van der Waals surface area contributed by atoms with Crippen LogP contribution < -0.4 is 10.1 Å². The molecule has 4 nitrogen and oxygen atoms in total. The zero-order valence-electron chi connectivity index (χ0n) is 10.5. The standard InChI is InChI=1S/C13H13BrN2O2S/c1-7(2)18-10-4-3-9(14)5-8(10)6-11-12(17)16-13(15)19-11/h3-7H,1-2H3,(H2,15,16,17). The van der Waals surface area contributed by atoms with Gasteiger partial charge in [-0.05, 0) is 49.9 Å². The molecule has 0 atom stereocenters. The van der Waals surface area contributed by atoms with E-state index in [1.807, 2.05) is 32.0 Å². The number of halogens is 1. The average Bonchev–Trinajstić information content (AvgIpc) is 2.61. The predicted molar refractivity (Wildman–Crippen MR) is 81.3 cm³/mol. The van der Waals surface area contributed by atoms with Crippen molar-refractivity contribution in [2.75, 3.05) is 0 Å². The fourth-order valence-corrected chi connectivity index (χ4v) is 2.65. The number of amides is 1. The molecule has 1 aromatic rings. The molecule has 0 saturated carbocycles. The van der Waals surface area contributed by atoms with Gasteiger partial charge in [0.25, 0.3) is 5.91 Å². The van der Waals surface area contributed by atoms with Gasteiger partial charge in [-0.3, -0.25) is 10.2 Å². The molecule has 0 aliphatic carbocycles. The Labute approximate surface area is 124 Å². The summed E-state index contributed by atoms with van der Waals surface area (Å²) in [5.41, 5.74) is 0.815. The number of rotatable bonds is 3. The highest BCUT2D eigenvalue weighted by molar-refractivity contribution is 9.10. The molecule has 2 rings (SSSR count). The maximum absolute atomic E-state index is 11.6. The molecule has 19 heavy (non-hydrogen) atoms.